The maximum Gasteiger partial charge on any atom is 0.221 e. The Hall–Kier alpha value is -1.94. The molecule has 17 heavy (non-hydrogen) atoms. The average Bonchev–Trinajstić information content (AvgIpc) is 2.28. The molecule has 1 aromatic carbocycles. The molecule has 2 aromatic rings. The maximum absolute atomic E-state index is 10.6. The highest BCUT2D eigenvalue weighted by Crippen LogP contribution is 2.15. The fourth-order valence-corrected chi connectivity index (χ4v) is 1.56. The number of hydrogen-bond acceptors (Lipinski definition) is 3. The molecule has 4 nitrogen and oxygen atoms in total. The SMILES string of the molecule is NC(=O)CC=Cc1ccc2ncc(Cl)nc2c1. The molecule has 2 rings (SSSR count). The van der Waals surface area contributed by atoms with Crippen LogP contribution in [-0.2, 0) is 4.79 Å². The Labute approximate surface area is 103 Å². The van der Waals surface area contributed by atoms with Gasteiger partial charge in [-0.1, -0.05) is 29.8 Å². The van der Waals surface area contributed by atoms with Gasteiger partial charge in [0.1, 0.15) is 5.15 Å². The second kappa shape index (κ2) is 4.93. The van der Waals surface area contributed by atoms with Crippen molar-refractivity contribution in [2.75, 3.05) is 0 Å². The molecular formula is C12H10ClN3O. The summed E-state index contributed by atoms with van der Waals surface area (Å²) in [6.07, 6.45) is 5.25. The molecule has 0 aliphatic carbocycles. The Morgan fingerprint density at radius 2 is 2.24 bits per heavy atom. The van der Waals surface area contributed by atoms with Crippen molar-refractivity contribution in [2.24, 2.45) is 5.73 Å². The second-order valence-electron chi connectivity index (χ2n) is 3.51. The molecule has 1 amide bonds. The Balaban J connectivity index is 2.30. The molecule has 86 valence electrons. The molecule has 0 atom stereocenters. The Kier molecular flexibility index (Phi) is 3.35. The zero-order valence-corrected chi connectivity index (χ0v) is 9.69. The van der Waals surface area contributed by atoms with Crippen LogP contribution in [0.25, 0.3) is 17.1 Å². The molecule has 1 aromatic heterocycles. The van der Waals surface area contributed by atoms with E-state index in [1.807, 2.05) is 24.3 Å². The molecule has 0 unspecified atom stereocenters. The summed E-state index contributed by atoms with van der Waals surface area (Å²) in [6, 6.07) is 5.59. The minimum absolute atomic E-state index is 0.221. The first-order chi connectivity index (χ1) is 8.15. The molecule has 5 heteroatoms. The lowest BCUT2D eigenvalue weighted by molar-refractivity contribution is -0.117. The van der Waals surface area contributed by atoms with Gasteiger partial charge >= 0.3 is 0 Å². The van der Waals surface area contributed by atoms with Crippen LogP contribution in [0.5, 0.6) is 0 Å². The van der Waals surface area contributed by atoms with Gasteiger partial charge in [-0.15, -0.1) is 0 Å². The van der Waals surface area contributed by atoms with E-state index in [1.54, 1.807) is 6.08 Å². The molecule has 0 saturated heterocycles. The van der Waals surface area contributed by atoms with E-state index in [0.29, 0.717) is 5.15 Å². The third-order valence-electron chi connectivity index (χ3n) is 2.17. The minimum Gasteiger partial charge on any atom is -0.369 e. The van der Waals surface area contributed by atoms with Gasteiger partial charge in [-0.25, -0.2) is 4.98 Å². The molecule has 0 aliphatic rings. The third kappa shape index (κ3) is 3.01. The van der Waals surface area contributed by atoms with Crippen LogP contribution in [0.15, 0.2) is 30.5 Å². The molecule has 0 spiro atoms. The van der Waals surface area contributed by atoms with Crippen molar-refractivity contribution >= 4 is 34.6 Å². The maximum atomic E-state index is 10.6. The van der Waals surface area contributed by atoms with Crippen LogP contribution in [0.1, 0.15) is 12.0 Å². The first kappa shape index (κ1) is 11.5. The summed E-state index contributed by atoms with van der Waals surface area (Å²) >= 11 is 5.76. The fraction of sp³-hybridized carbons (Fsp3) is 0.0833. The summed E-state index contributed by atoms with van der Waals surface area (Å²) in [4.78, 5) is 18.9. The van der Waals surface area contributed by atoms with Gasteiger partial charge in [-0.05, 0) is 17.7 Å². The fourth-order valence-electron chi connectivity index (χ4n) is 1.42. The van der Waals surface area contributed by atoms with Crippen LogP contribution < -0.4 is 5.73 Å². The Morgan fingerprint density at radius 1 is 1.41 bits per heavy atom. The molecular weight excluding hydrogens is 238 g/mol. The highest BCUT2D eigenvalue weighted by molar-refractivity contribution is 6.29. The van der Waals surface area contributed by atoms with Crippen LogP contribution in [0.3, 0.4) is 0 Å². The van der Waals surface area contributed by atoms with Crippen LogP contribution in [0.4, 0.5) is 0 Å². The summed E-state index contributed by atoms with van der Waals surface area (Å²) in [7, 11) is 0. The normalized spacial score (nSPS) is 11.1. The van der Waals surface area contributed by atoms with E-state index in [9.17, 15) is 4.79 Å². The number of halogens is 1. The number of aromatic nitrogens is 2. The predicted octanol–water partition coefficient (Wildman–Crippen LogP) is 2.17. The third-order valence-corrected chi connectivity index (χ3v) is 2.35. The lowest BCUT2D eigenvalue weighted by atomic mass is 10.1. The largest absolute Gasteiger partial charge is 0.369 e. The van der Waals surface area contributed by atoms with Crippen molar-refractivity contribution in [3.8, 4) is 0 Å². The number of nitrogens with zero attached hydrogens (tertiary/aromatic N) is 2. The van der Waals surface area contributed by atoms with Crippen LogP contribution in [0, 0.1) is 0 Å². The van der Waals surface area contributed by atoms with Gasteiger partial charge in [0.2, 0.25) is 5.91 Å². The Morgan fingerprint density at radius 3 is 3.00 bits per heavy atom. The van der Waals surface area contributed by atoms with Crippen LogP contribution in [-0.4, -0.2) is 15.9 Å². The lowest BCUT2D eigenvalue weighted by Crippen LogP contribution is -2.07. The number of benzene rings is 1. The number of carbonyl (C=O) groups is 1. The van der Waals surface area contributed by atoms with Crippen molar-refractivity contribution in [1.29, 1.82) is 0 Å². The zero-order chi connectivity index (χ0) is 12.3. The Bertz CT molecular complexity index is 595. The van der Waals surface area contributed by atoms with Gasteiger partial charge in [0, 0.05) is 6.42 Å². The van der Waals surface area contributed by atoms with Gasteiger partial charge in [-0.2, -0.15) is 0 Å². The highest BCUT2D eigenvalue weighted by atomic mass is 35.5. The quantitative estimate of drug-likeness (QED) is 0.904. The zero-order valence-electron chi connectivity index (χ0n) is 8.93. The van der Waals surface area contributed by atoms with Crippen molar-refractivity contribution in [3.63, 3.8) is 0 Å². The smallest absolute Gasteiger partial charge is 0.221 e. The molecule has 2 N–H and O–H groups in total. The molecule has 0 radical (unpaired) electrons. The monoisotopic (exact) mass is 247 g/mol. The second-order valence-corrected chi connectivity index (χ2v) is 3.90. The van der Waals surface area contributed by atoms with E-state index >= 15 is 0 Å². The first-order valence-electron chi connectivity index (χ1n) is 5.02. The summed E-state index contributed by atoms with van der Waals surface area (Å²) in [5.41, 5.74) is 7.46. The predicted molar refractivity (Wildman–Crippen MR) is 67.4 cm³/mol. The van der Waals surface area contributed by atoms with Crippen LogP contribution >= 0.6 is 11.6 Å². The molecule has 0 saturated carbocycles. The minimum atomic E-state index is -0.357. The van der Waals surface area contributed by atoms with E-state index in [4.69, 9.17) is 17.3 Å². The number of hydrogen-bond donors (Lipinski definition) is 1. The summed E-state index contributed by atoms with van der Waals surface area (Å²) < 4.78 is 0. The number of rotatable bonds is 3. The molecule has 0 aliphatic heterocycles. The highest BCUT2D eigenvalue weighted by Gasteiger charge is 1.98. The first-order valence-corrected chi connectivity index (χ1v) is 5.40. The van der Waals surface area contributed by atoms with Gasteiger partial charge in [0.05, 0.1) is 17.2 Å². The van der Waals surface area contributed by atoms with Gasteiger partial charge in [0.25, 0.3) is 0 Å². The van der Waals surface area contributed by atoms with Gasteiger partial charge < -0.3 is 5.73 Å². The van der Waals surface area contributed by atoms with Gasteiger partial charge in [-0.3, -0.25) is 9.78 Å². The van der Waals surface area contributed by atoms with E-state index in [1.165, 1.54) is 6.20 Å². The number of carbonyl (C=O) groups excluding carboxylic acids is 1. The summed E-state index contributed by atoms with van der Waals surface area (Å²) in [5.74, 6) is -0.357. The van der Waals surface area contributed by atoms with Crippen molar-refractivity contribution in [1.82, 2.24) is 9.97 Å². The average molecular weight is 248 g/mol. The summed E-state index contributed by atoms with van der Waals surface area (Å²) in [5, 5.41) is 0.357. The number of fused-ring (bicyclic) bond motifs is 1. The van der Waals surface area contributed by atoms with Gasteiger partial charge in [0.15, 0.2) is 0 Å². The van der Waals surface area contributed by atoms with E-state index in [2.05, 4.69) is 9.97 Å². The molecule has 0 bridgehead atoms. The summed E-state index contributed by atoms with van der Waals surface area (Å²) in [6.45, 7) is 0. The van der Waals surface area contributed by atoms with Crippen molar-refractivity contribution in [2.45, 2.75) is 6.42 Å². The van der Waals surface area contributed by atoms with Crippen molar-refractivity contribution < 1.29 is 4.79 Å². The number of nitrogens with two attached hydrogens (primary N) is 1. The molecule has 1 heterocycles. The van der Waals surface area contributed by atoms with E-state index < -0.39 is 0 Å². The lowest BCUT2D eigenvalue weighted by Gasteiger charge is -1.98. The van der Waals surface area contributed by atoms with Crippen LogP contribution in [0.2, 0.25) is 5.15 Å². The number of amides is 1. The number of primary amides is 1. The standard InChI is InChI=1S/C12H10ClN3O/c13-11-7-15-9-5-4-8(6-10(9)16-11)2-1-3-12(14)17/h1-2,4-7H,3H2,(H2,14,17). The van der Waals surface area contributed by atoms with E-state index in [0.717, 1.165) is 16.6 Å². The topological polar surface area (TPSA) is 68.9 Å². The van der Waals surface area contributed by atoms with Crippen molar-refractivity contribution in [3.05, 3.63) is 41.2 Å². The van der Waals surface area contributed by atoms with E-state index in [-0.39, 0.29) is 12.3 Å². The molecule has 0 fully saturated rings.